The fourth-order valence-electron chi connectivity index (χ4n) is 2.22. The van der Waals surface area contributed by atoms with Crippen molar-refractivity contribution in [3.05, 3.63) is 95.0 Å². The Morgan fingerprint density at radius 1 is 0.962 bits per heavy atom. The van der Waals surface area contributed by atoms with Gasteiger partial charge in [0.05, 0.1) is 6.26 Å². The van der Waals surface area contributed by atoms with Gasteiger partial charge in [-0.15, -0.1) is 0 Å². The molecule has 0 spiro atoms. The summed E-state index contributed by atoms with van der Waals surface area (Å²) in [5.74, 6) is -0.480. The Bertz CT molecular complexity index is 935. The van der Waals surface area contributed by atoms with E-state index in [1.807, 2.05) is 6.07 Å². The van der Waals surface area contributed by atoms with E-state index in [1.165, 1.54) is 18.4 Å². The molecule has 26 heavy (non-hydrogen) atoms. The third kappa shape index (κ3) is 4.62. The average Bonchev–Trinajstić information content (AvgIpc) is 3.15. The van der Waals surface area contributed by atoms with Crippen molar-refractivity contribution in [3.63, 3.8) is 0 Å². The summed E-state index contributed by atoms with van der Waals surface area (Å²) in [6.45, 7) is 0. The Hall–Kier alpha value is -3.31. The molecule has 0 fully saturated rings. The summed E-state index contributed by atoms with van der Waals surface area (Å²) in [6, 6.07) is 18.8. The van der Waals surface area contributed by atoms with Gasteiger partial charge in [-0.1, -0.05) is 35.9 Å². The van der Waals surface area contributed by atoms with Crippen LogP contribution in [0.3, 0.4) is 0 Å². The summed E-state index contributed by atoms with van der Waals surface area (Å²) >= 11 is 5.92. The molecule has 1 heterocycles. The molecule has 130 valence electrons. The summed E-state index contributed by atoms with van der Waals surface area (Å²) in [4.78, 5) is 25.1. The number of carbonyl (C=O) groups excluding carboxylic acids is 2. The second kappa shape index (κ2) is 8.18. The summed E-state index contributed by atoms with van der Waals surface area (Å²) in [7, 11) is 0. The van der Waals surface area contributed by atoms with Crippen molar-refractivity contribution >= 4 is 35.2 Å². The first-order chi connectivity index (χ1) is 12.6. The maximum Gasteiger partial charge on any atom is 0.272 e. The SMILES string of the molecule is O=C(Nc1ccccc1)C(=Cc1ccco1)NC(=O)c1cccc(Cl)c1. The second-order valence-corrected chi connectivity index (χ2v) is 5.79. The molecule has 0 unspecified atom stereocenters. The molecule has 0 aliphatic carbocycles. The number of para-hydroxylation sites is 1. The van der Waals surface area contributed by atoms with Crippen molar-refractivity contribution in [1.82, 2.24) is 5.32 Å². The fraction of sp³-hybridized carbons (Fsp3) is 0. The van der Waals surface area contributed by atoms with Crippen LogP contribution < -0.4 is 10.6 Å². The Kier molecular flexibility index (Phi) is 5.51. The molecule has 0 aliphatic rings. The molecule has 0 saturated carbocycles. The van der Waals surface area contributed by atoms with Crippen molar-refractivity contribution in [2.75, 3.05) is 5.32 Å². The van der Waals surface area contributed by atoms with Crippen LogP contribution >= 0.6 is 11.6 Å². The highest BCUT2D eigenvalue weighted by Gasteiger charge is 2.15. The standard InChI is InChI=1S/C20H15ClN2O3/c21-15-7-4-6-14(12-15)19(24)23-18(13-17-10-5-11-26-17)20(25)22-16-8-2-1-3-9-16/h1-13H,(H,22,25)(H,23,24). The maximum absolute atomic E-state index is 12.6. The molecule has 2 aromatic carbocycles. The molecule has 0 radical (unpaired) electrons. The van der Waals surface area contributed by atoms with E-state index in [0.717, 1.165) is 0 Å². The fourth-order valence-corrected chi connectivity index (χ4v) is 2.41. The van der Waals surface area contributed by atoms with Crippen molar-refractivity contribution < 1.29 is 14.0 Å². The van der Waals surface area contributed by atoms with Crippen LogP contribution in [-0.4, -0.2) is 11.8 Å². The number of nitrogens with one attached hydrogen (secondary N) is 2. The molecule has 1 aromatic heterocycles. The monoisotopic (exact) mass is 366 g/mol. The normalized spacial score (nSPS) is 11.0. The van der Waals surface area contributed by atoms with Gasteiger partial charge in [-0.25, -0.2) is 0 Å². The molecule has 2 N–H and O–H groups in total. The molecule has 6 heteroatoms. The molecular weight excluding hydrogens is 352 g/mol. The number of hydrogen-bond acceptors (Lipinski definition) is 3. The van der Waals surface area contributed by atoms with Gasteiger partial charge in [-0.2, -0.15) is 0 Å². The molecule has 2 amide bonds. The predicted octanol–water partition coefficient (Wildman–Crippen LogP) is 4.34. The van der Waals surface area contributed by atoms with E-state index in [-0.39, 0.29) is 5.70 Å². The van der Waals surface area contributed by atoms with Gasteiger partial charge >= 0.3 is 0 Å². The van der Waals surface area contributed by atoms with Crippen molar-refractivity contribution in [2.24, 2.45) is 0 Å². The van der Waals surface area contributed by atoms with E-state index < -0.39 is 11.8 Å². The van der Waals surface area contributed by atoms with Gasteiger partial charge in [0.1, 0.15) is 11.5 Å². The third-order valence-electron chi connectivity index (χ3n) is 3.44. The Morgan fingerprint density at radius 3 is 2.46 bits per heavy atom. The minimum Gasteiger partial charge on any atom is -0.465 e. The largest absolute Gasteiger partial charge is 0.465 e. The highest BCUT2D eigenvalue weighted by molar-refractivity contribution is 6.31. The summed E-state index contributed by atoms with van der Waals surface area (Å²) in [5, 5.41) is 5.78. The quantitative estimate of drug-likeness (QED) is 0.660. The van der Waals surface area contributed by atoms with Crippen LogP contribution in [0.5, 0.6) is 0 Å². The lowest BCUT2D eigenvalue weighted by atomic mass is 10.2. The van der Waals surface area contributed by atoms with E-state index in [0.29, 0.717) is 22.0 Å². The first-order valence-corrected chi connectivity index (χ1v) is 8.18. The molecular formula is C20H15ClN2O3. The van der Waals surface area contributed by atoms with E-state index in [4.69, 9.17) is 16.0 Å². The second-order valence-electron chi connectivity index (χ2n) is 5.36. The zero-order valence-corrected chi connectivity index (χ0v) is 14.4. The highest BCUT2D eigenvalue weighted by atomic mass is 35.5. The molecule has 3 rings (SSSR count). The first kappa shape index (κ1) is 17.5. The van der Waals surface area contributed by atoms with Gasteiger partial charge in [0, 0.05) is 22.3 Å². The number of carbonyl (C=O) groups is 2. The topological polar surface area (TPSA) is 71.3 Å². The predicted molar refractivity (Wildman–Crippen MR) is 101 cm³/mol. The lowest BCUT2D eigenvalue weighted by Crippen LogP contribution is -2.30. The number of amides is 2. The van der Waals surface area contributed by atoms with Gasteiger partial charge < -0.3 is 15.1 Å². The summed E-state index contributed by atoms with van der Waals surface area (Å²) in [5.41, 5.74) is 1.00. The minimum atomic E-state index is -0.469. The van der Waals surface area contributed by atoms with Crippen LogP contribution in [0.25, 0.3) is 6.08 Å². The van der Waals surface area contributed by atoms with Gasteiger partial charge in [-0.3, -0.25) is 9.59 Å². The number of rotatable bonds is 5. The number of furan rings is 1. The number of anilines is 1. The van der Waals surface area contributed by atoms with Gasteiger partial charge in [0.15, 0.2) is 0 Å². The average molecular weight is 367 g/mol. The molecule has 3 aromatic rings. The minimum absolute atomic E-state index is 0.0498. The number of hydrogen-bond donors (Lipinski definition) is 2. The van der Waals surface area contributed by atoms with Crippen LogP contribution in [0.1, 0.15) is 16.1 Å². The van der Waals surface area contributed by atoms with Crippen LogP contribution in [0.15, 0.2) is 83.1 Å². The molecule has 0 saturated heterocycles. The lowest BCUT2D eigenvalue weighted by Gasteiger charge is -2.11. The Labute approximate surface area is 155 Å². The van der Waals surface area contributed by atoms with Crippen LogP contribution in [-0.2, 0) is 4.79 Å². The van der Waals surface area contributed by atoms with E-state index in [9.17, 15) is 9.59 Å². The first-order valence-electron chi connectivity index (χ1n) is 7.80. The van der Waals surface area contributed by atoms with E-state index >= 15 is 0 Å². The van der Waals surface area contributed by atoms with Crippen LogP contribution in [0.2, 0.25) is 5.02 Å². The number of halogens is 1. The third-order valence-corrected chi connectivity index (χ3v) is 3.68. The smallest absolute Gasteiger partial charge is 0.272 e. The van der Waals surface area contributed by atoms with E-state index in [2.05, 4.69) is 10.6 Å². The van der Waals surface area contributed by atoms with Crippen LogP contribution in [0.4, 0.5) is 5.69 Å². The van der Waals surface area contributed by atoms with Crippen molar-refractivity contribution in [3.8, 4) is 0 Å². The Balaban J connectivity index is 1.84. The molecule has 0 atom stereocenters. The zero-order chi connectivity index (χ0) is 18.4. The van der Waals surface area contributed by atoms with Crippen molar-refractivity contribution in [2.45, 2.75) is 0 Å². The summed E-state index contributed by atoms with van der Waals surface area (Å²) < 4.78 is 5.24. The number of benzene rings is 2. The van der Waals surface area contributed by atoms with Crippen molar-refractivity contribution in [1.29, 1.82) is 0 Å². The molecule has 0 aliphatic heterocycles. The van der Waals surface area contributed by atoms with Crippen LogP contribution in [0, 0.1) is 0 Å². The summed E-state index contributed by atoms with van der Waals surface area (Å²) in [6.07, 6.45) is 2.94. The lowest BCUT2D eigenvalue weighted by molar-refractivity contribution is -0.113. The maximum atomic E-state index is 12.6. The van der Waals surface area contributed by atoms with E-state index in [1.54, 1.807) is 54.6 Å². The highest BCUT2D eigenvalue weighted by Crippen LogP contribution is 2.13. The van der Waals surface area contributed by atoms with Gasteiger partial charge in [-0.05, 0) is 42.5 Å². The Morgan fingerprint density at radius 2 is 1.77 bits per heavy atom. The zero-order valence-electron chi connectivity index (χ0n) is 13.6. The van der Waals surface area contributed by atoms with Gasteiger partial charge in [0.2, 0.25) is 0 Å². The molecule has 5 nitrogen and oxygen atoms in total. The molecule has 0 bridgehead atoms. The van der Waals surface area contributed by atoms with Gasteiger partial charge in [0.25, 0.3) is 11.8 Å².